The van der Waals surface area contributed by atoms with Gasteiger partial charge < -0.3 is 40.9 Å². The third-order valence-corrected chi connectivity index (χ3v) is 12.6. The number of ether oxygens (including phenoxy) is 1. The van der Waals surface area contributed by atoms with E-state index in [9.17, 15) is 34.5 Å². The maximum atomic E-state index is 14.0. The number of hydrogen-bond acceptors (Lipinski definition) is 9. The van der Waals surface area contributed by atoms with Gasteiger partial charge in [-0.15, -0.1) is 11.3 Å². The fourth-order valence-corrected chi connectivity index (χ4v) is 9.41. The number of carbonyl (C=O) groups excluding carboxylic acids is 1. The van der Waals surface area contributed by atoms with E-state index in [1.54, 1.807) is 4.90 Å². The first-order chi connectivity index (χ1) is 26.6. The van der Waals surface area contributed by atoms with Crippen LogP contribution in [-0.4, -0.2) is 96.5 Å². The average Bonchev–Trinajstić information content (AvgIpc) is 4.01. The molecule has 4 heterocycles. The summed E-state index contributed by atoms with van der Waals surface area (Å²) in [5.41, 5.74) is 3.51. The fraction of sp³-hybridized carbons (Fsp3) is 0.524. The first-order valence-corrected chi connectivity index (χ1v) is 20.4. The summed E-state index contributed by atoms with van der Waals surface area (Å²) in [6, 6.07) is 17.2. The van der Waals surface area contributed by atoms with E-state index in [1.807, 2.05) is 60.0 Å². The number of carbonyl (C=O) groups is 4. The molecule has 13 heteroatoms. The van der Waals surface area contributed by atoms with Crippen molar-refractivity contribution in [2.24, 2.45) is 35.5 Å². The summed E-state index contributed by atoms with van der Waals surface area (Å²) >= 11 is 1.52. The third-order valence-electron chi connectivity index (χ3n) is 11.6. The van der Waals surface area contributed by atoms with Crippen molar-refractivity contribution < 1.29 is 39.2 Å². The Morgan fingerprint density at radius 1 is 0.691 bits per heavy atom. The van der Waals surface area contributed by atoms with Crippen molar-refractivity contribution in [3.8, 4) is 5.75 Å². The van der Waals surface area contributed by atoms with Gasteiger partial charge in [0.2, 0.25) is 5.91 Å². The minimum absolute atomic E-state index is 0.0679. The standard InChI is InChI=1S/C42H54N4O8S/c47-39(20-28-4-1-3-27(15-28)18-36(40(48)49)31-7-10-43-22-31)46(25-30-17-35(55-26-30)21-38(42(52)53)33-9-12-45-24-33)13-14-54-34-6-2-5-29(16-34)19-37(41(50)51)32-8-11-44-23-32/h1-6,15-17,26,31-33,36-38,43-45H,7-14,18-25H2,(H,48,49)(H,50,51)(H,52,53). The second-order valence-corrected chi connectivity index (χ2v) is 16.4. The molecule has 6 unspecified atom stereocenters. The molecule has 1 amide bonds. The molecular weight excluding hydrogens is 721 g/mol. The van der Waals surface area contributed by atoms with Crippen LogP contribution in [0.4, 0.5) is 0 Å². The van der Waals surface area contributed by atoms with E-state index in [0.29, 0.717) is 57.7 Å². The van der Waals surface area contributed by atoms with E-state index in [0.717, 1.165) is 66.0 Å². The molecule has 0 radical (unpaired) electrons. The number of hydrogen-bond donors (Lipinski definition) is 6. The molecule has 6 rings (SSSR count). The fourth-order valence-electron chi connectivity index (χ4n) is 8.47. The van der Waals surface area contributed by atoms with Gasteiger partial charge in [0.05, 0.1) is 30.7 Å². The molecule has 3 fully saturated rings. The molecule has 6 atom stereocenters. The van der Waals surface area contributed by atoms with Crippen molar-refractivity contribution in [3.05, 3.63) is 87.1 Å². The van der Waals surface area contributed by atoms with Crippen LogP contribution in [0.5, 0.6) is 5.75 Å². The zero-order chi connectivity index (χ0) is 38.7. The summed E-state index contributed by atoms with van der Waals surface area (Å²) in [5.74, 6) is -3.09. The zero-order valence-corrected chi connectivity index (χ0v) is 32.1. The molecule has 0 bridgehead atoms. The van der Waals surface area contributed by atoms with Crippen molar-refractivity contribution in [2.75, 3.05) is 52.4 Å². The van der Waals surface area contributed by atoms with E-state index in [-0.39, 0.29) is 36.7 Å². The van der Waals surface area contributed by atoms with Gasteiger partial charge in [0, 0.05) is 11.4 Å². The van der Waals surface area contributed by atoms with Crippen LogP contribution in [0, 0.1) is 35.5 Å². The van der Waals surface area contributed by atoms with Gasteiger partial charge in [-0.05, 0) is 141 Å². The average molecular weight is 775 g/mol. The largest absolute Gasteiger partial charge is 0.492 e. The Bertz CT molecular complexity index is 1760. The maximum Gasteiger partial charge on any atom is 0.307 e. The van der Waals surface area contributed by atoms with E-state index in [2.05, 4.69) is 16.0 Å². The Labute approximate surface area is 326 Å². The molecule has 2 aromatic carbocycles. The van der Waals surface area contributed by atoms with Crippen LogP contribution < -0.4 is 20.7 Å². The summed E-state index contributed by atoms with van der Waals surface area (Å²) in [6.45, 7) is 5.41. The van der Waals surface area contributed by atoms with Gasteiger partial charge in [0.15, 0.2) is 0 Å². The predicted octanol–water partition coefficient (Wildman–Crippen LogP) is 3.96. The highest BCUT2D eigenvalue weighted by molar-refractivity contribution is 7.10. The van der Waals surface area contributed by atoms with Gasteiger partial charge in [0.25, 0.3) is 0 Å². The Kier molecular flexibility index (Phi) is 14.3. The smallest absolute Gasteiger partial charge is 0.307 e. The monoisotopic (exact) mass is 774 g/mol. The van der Waals surface area contributed by atoms with Gasteiger partial charge in [0.1, 0.15) is 12.4 Å². The van der Waals surface area contributed by atoms with E-state index < -0.39 is 35.7 Å². The van der Waals surface area contributed by atoms with Crippen LogP contribution in [0.15, 0.2) is 60.0 Å². The number of rotatable bonds is 20. The van der Waals surface area contributed by atoms with Crippen molar-refractivity contribution >= 4 is 35.2 Å². The number of nitrogens with zero attached hydrogens (tertiary/aromatic N) is 1. The minimum atomic E-state index is -0.801. The van der Waals surface area contributed by atoms with Gasteiger partial charge >= 0.3 is 17.9 Å². The van der Waals surface area contributed by atoms with Crippen molar-refractivity contribution in [2.45, 2.75) is 51.5 Å². The van der Waals surface area contributed by atoms with Crippen LogP contribution in [-0.2, 0) is 51.4 Å². The molecule has 3 saturated heterocycles. The molecule has 6 N–H and O–H groups in total. The van der Waals surface area contributed by atoms with Gasteiger partial charge in [-0.1, -0.05) is 36.4 Å². The number of carboxylic acid groups (broad SMARTS) is 3. The number of aliphatic carboxylic acids is 3. The molecule has 3 aromatic rings. The molecule has 0 aliphatic carbocycles. The molecule has 55 heavy (non-hydrogen) atoms. The Morgan fingerprint density at radius 3 is 1.76 bits per heavy atom. The molecule has 3 aliphatic rings. The van der Waals surface area contributed by atoms with E-state index in [1.165, 1.54) is 11.3 Å². The highest BCUT2D eigenvalue weighted by atomic mass is 32.1. The molecule has 0 saturated carbocycles. The predicted molar refractivity (Wildman–Crippen MR) is 209 cm³/mol. The first kappa shape index (κ1) is 40.4. The molecule has 296 valence electrons. The lowest BCUT2D eigenvalue weighted by molar-refractivity contribution is -0.144. The highest BCUT2D eigenvalue weighted by Crippen LogP contribution is 2.29. The maximum absolute atomic E-state index is 14.0. The number of carboxylic acids is 3. The van der Waals surface area contributed by atoms with Crippen LogP contribution in [0.1, 0.15) is 46.4 Å². The number of nitrogens with one attached hydrogen (secondary N) is 3. The minimum Gasteiger partial charge on any atom is -0.492 e. The third kappa shape index (κ3) is 11.4. The summed E-state index contributed by atoms with van der Waals surface area (Å²) in [4.78, 5) is 53.2. The number of amides is 1. The Morgan fingerprint density at radius 2 is 1.22 bits per heavy atom. The zero-order valence-electron chi connectivity index (χ0n) is 31.3. The second kappa shape index (κ2) is 19.5. The molecule has 3 aliphatic heterocycles. The molecule has 1 aromatic heterocycles. The van der Waals surface area contributed by atoms with Crippen LogP contribution in [0.25, 0.3) is 0 Å². The quantitative estimate of drug-likeness (QED) is 0.0980. The van der Waals surface area contributed by atoms with Crippen molar-refractivity contribution in [3.63, 3.8) is 0 Å². The lowest BCUT2D eigenvalue weighted by Crippen LogP contribution is -2.35. The van der Waals surface area contributed by atoms with E-state index >= 15 is 0 Å². The number of thiophene rings is 1. The molecular formula is C42H54N4O8S. The summed E-state index contributed by atoms with van der Waals surface area (Å²) in [5, 5.41) is 41.7. The van der Waals surface area contributed by atoms with Gasteiger partial charge in [-0.2, -0.15) is 0 Å². The summed E-state index contributed by atoms with van der Waals surface area (Å²) < 4.78 is 6.17. The molecule has 0 spiro atoms. The van der Waals surface area contributed by atoms with Gasteiger partial charge in [-0.3, -0.25) is 19.2 Å². The summed E-state index contributed by atoms with van der Waals surface area (Å²) in [6.07, 6.45) is 3.90. The first-order valence-electron chi connectivity index (χ1n) is 19.6. The van der Waals surface area contributed by atoms with Crippen molar-refractivity contribution in [1.29, 1.82) is 0 Å². The molecule has 12 nitrogen and oxygen atoms in total. The number of benzene rings is 2. The van der Waals surface area contributed by atoms with Crippen LogP contribution >= 0.6 is 11.3 Å². The lowest BCUT2D eigenvalue weighted by atomic mass is 9.86. The SMILES string of the molecule is O=C(O)C(Cc1cccc(CC(=O)N(CCOc2cccc(CC(C(=O)O)C3CCNC3)c2)Cc2csc(CC(C(=O)O)C3CCNC3)c2)c1)C1CCNC1. The Balaban J connectivity index is 1.13. The Hall–Kier alpha value is -4.30. The second-order valence-electron chi connectivity index (χ2n) is 15.4. The van der Waals surface area contributed by atoms with Crippen LogP contribution in [0.2, 0.25) is 0 Å². The van der Waals surface area contributed by atoms with Crippen molar-refractivity contribution in [1.82, 2.24) is 20.9 Å². The van der Waals surface area contributed by atoms with Gasteiger partial charge in [-0.25, -0.2) is 0 Å². The summed E-state index contributed by atoms with van der Waals surface area (Å²) in [7, 11) is 0. The van der Waals surface area contributed by atoms with Crippen LogP contribution in [0.3, 0.4) is 0 Å². The normalized spacial score (nSPS) is 21.2. The highest BCUT2D eigenvalue weighted by Gasteiger charge is 2.33. The topological polar surface area (TPSA) is 178 Å². The van der Waals surface area contributed by atoms with E-state index in [4.69, 9.17) is 4.74 Å². The lowest BCUT2D eigenvalue weighted by Gasteiger charge is -2.23.